The molecule has 2 aromatic carbocycles. The summed E-state index contributed by atoms with van der Waals surface area (Å²) >= 11 is 6.59. The molecule has 5 rings (SSSR count). The molecule has 0 saturated carbocycles. The molecule has 0 aliphatic carbocycles. The Labute approximate surface area is 234 Å². The zero-order valence-corrected chi connectivity index (χ0v) is 22.5. The molecule has 1 saturated heterocycles. The van der Waals surface area contributed by atoms with Crippen LogP contribution in [0, 0.1) is 11.6 Å². The van der Waals surface area contributed by atoms with Crippen molar-refractivity contribution in [1.29, 1.82) is 0 Å². The Morgan fingerprint density at radius 2 is 1.90 bits per heavy atom. The topological polar surface area (TPSA) is 80.7 Å². The van der Waals surface area contributed by atoms with Crippen LogP contribution >= 0.6 is 11.6 Å². The molecule has 40 heavy (non-hydrogen) atoms. The van der Waals surface area contributed by atoms with Crippen LogP contribution in [-0.2, 0) is 11.2 Å². The number of benzene rings is 2. The van der Waals surface area contributed by atoms with E-state index in [2.05, 4.69) is 21.5 Å². The number of methoxy groups -OCH3 is 1. The van der Waals surface area contributed by atoms with Gasteiger partial charge in [-0.25, -0.2) is 8.78 Å². The van der Waals surface area contributed by atoms with Crippen LogP contribution in [0.25, 0.3) is 22.0 Å². The summed E-state index contributed by atoms with van der Waals surface area (Å²) in [5, 5.41) is 0.310. The molecule has 1 aliphatic rings. The molecule has 11 heteroatoms. The molecule has 8 nitrogen and oxygen atoms in total. The van der Waals surface area contributed by atoms with Gasteiger partial charge in [-0.2, -0.15) is 9.97 Å². The van der Waals surface area contributed by atoms with Gasteiger partial charge in [0.1, 0.15) is 22.9 Å². The first-order valence-corrected chi connectivity index (χ1v) is 13.0. The third-order valence-corrected chi connectivity index (χ3v) is 6.97. The van der Waals surface area contributed by atoms with Gasteiger partial charge >= 0.3 is 6.01 Å². The van der Waals surface area contributed by atoms with E-state index in [1.54, 1.807) is 11.1 Å². The SMILES string of the molecule is C=CC(=O)N1CCN(c2nc(OCCc3ccccn3)nc3c(F)c(-c4c(F)cccc4OC)c(Cl)cc23)CC1. The van der Waals surface area contributed by atoms with Crippen molar-refractivity contribution in [1.82, 2.24) is 19.9 Å². The number of nitrogens with zero attached hydrogens (tertiary/aromatic N) is 5. The number of pyridine rings is 1. The quantitative estimate of drug-likeness (QED) is 0.275. The fourth-order valence-electron chi connectivity index (χ4n) is 4.67. The van der Waals surface area contributed by atoms with Crippen molar-refractivity contribution in [3.8, 4) is 22.9 Å². The van der Waals surface area contributed by atoms with E-state index in [0.717, 1.165) is 5.69 Å². The first-order chi connectivity index (χ1) is 19.4. The largest absolute Gasteiger partial charge is 0.496 e. The number of hydrogen-bond donors (Lipinski definition) is 0. The van der Waals surface area contributed by atoms with E-state index in [1.165, 1.54) is 37.5 Å². The molecule has 4 aromatic rings. The van der Waals surface area contributed by atoms with Crippen LogP contribution in [0.4, 0.5) is 14.6 Å². The summed E-state index contributed by atoms with van der Waals surface area (Å²) in [7, 11) is 1.37. The maximum Gasteiger partial charge on any atom is 0.319 e. The zero-order valence-electron chi connectivity index (χ0n) is 21.7. The summed E-state index contributed by atoms with van der Waals surface area (Å²) in [5.41, 5.74) is 0.462. The van der Waals surface area contributed by atoms with Crippen LogP contribution in [0.3, 0.4) is 0 Å². The molecule has 2 aromatic heterocycles. The van der Waals surface area contributed by atoms with Gasteiger partial charge in [0.15, 0.2) is 5.82 Å². The first-order valence-electron chi connectivity index (χ1n) is 12.6. The lowest BCUT2D eigenvalue weighted by atomic mass is 10.0. The van der Waals surface area contributed by atoms with Crippen LogP contribution in [-0.4, -0.2) is 65.7 Å². The number of hydrogen-bond acceptors (Lipinski definition) is 7. The number of carbonyl (C=O) groups is 1. The minimum atomic E-state index is -0.829. The van der Waals surface area contributed by atoms with Gasteiger partial charge in [-0.3, -0.25) is 9.78 Å². The fourth-order valence-corrected chi connectivity index (χ4v) is 4.96. The maximum absolute atomic E-state index is 16.3. The average Bonchev–Trinajstić information content (AvgIpc) is 2.98. The van der Waals surface area contributed by atoms with Crippen molar-refractivity contribution >= 4 is 34.2 Å². The number of ether oxygens (including phenoxy) is 2. The molecule has 1 aliphatic heterocycles. The summed E-state index contributed by atoms with van der Waals surface area (Å²) < 4.78 is 42.4. The summed E-state index contributed by atoms with van der Waals surface area (Å²) in [6.07, 6.45) is 3.45. The number of anilines is 1. The Hall–Kier alpha value is -4.31. The Morgan fingerprint density at radius 1 is 1.10 bits per heavy atom. The predicted molar refractivity (Wildman–Crippen MR) is 149 cm³/mol. The highest BCUT2D eigenvalue weighted by atomic mass is 35.5. The normalized spacial score (nSPS) is 13.4. The number of fused-ring (bicyclic) bond motifs is 1. The second kappa shape index (κ2) is 11.8. The van der Waals surface area contributed by atoms with E-state index in [4.69, 9.17) is 21.1 Å². The molecule has 0 unspecified atom stereocenters. The third-order valence-electron chi connectivity index (χ3n) is 6.67. The number of aromatic nitrogens is 3. The van der Waals surface area contributed by atoms with Gasteiger partial charge < -0.3 is 19.3 Å². The number of amides is 1. The summed E-state index contributed by atoms with van der Waals surface area (Å²) in [6, 6.07) is 11.2. The monoisotopic (exact) mass is 565 g/mol. The van der Waals surface area contributed by atoms with Crippen molar-refractivity contribution < 1.29 is 23.0 Å². The van der Waals surface area contributed by atoms with E-state index in [9.17, 15) is 9.18 Å². The molecule has 0 N–H and O–H groups in total. The van der Waals surface area contributed by atoms with Crippen molar-refractivity contribution in [3.05, 3.63) is 83.7 Å². The molecule has 1 amide bonds. The third kappa shape index (κ3) is 5.40. The van der Waals surface area contributed by atoms with E-state index in [0.29, 0.717) is 43.8 Å². The van der Waals surface area contributed by atoms with Crippen LogP contribution in [0.15, 0.2) is 61.3 Å². The van der Waals surface area contributed by atoms with E-state index in [1.807, 2.05) is 23.1 Å². The molecular weight excluding hydrogens is 540 g/mol. The second-order valence-corrected chi connectivity index (χ2v) is 9.43. The van der Waals surface area contributed by atoms with E-state index < -0.39 is 11.6 Å². The minimum absolute atomic E-state index is 0.0254. The number of piperazine rings is 1. The smallest absolute Gasteiger partial charge is 0.319 e. The van der Waals surface area contributed by atoms with Crippen LogP contribution < -0.4 is 14.4 Å². The highest BCUT2D eigenvalue weighted by Gasteiger charge is 2.27. The minimum Gasteiger partial charge on any atom is -0.496 e. The second-order valence-electron chi connectivity index (χ2n) is 9.03. The number of carbonyl (C=O) groups excluding carboxylic acids is 1. The van der Waals surface area contributed by atoms with Crippen LogP contribution in [0.2, 0.25) is 5.02 Å². The fraction of sp³-hybridized carbons (Fsp3) is 0.241. The summed E-state index contributed by atoms with van der Waals surface area (Å²) in [4.78, 5) is 28.9. The van der Waals surface area contributed by atoms with Crippen LogP contribution in [0.1, 0.15) is 5.69 Å². The van der Waals surface area contributed by atoms with Gasteiger partial charge in [-0.05, 0) is 36.4 Å². The average molecular weight is 566 g/mol. The molecule has 0 bridgehead atoms. The van der Waals surface area contributed by atoms with Crippen molar-refractivity contribution in [2.24, 2.45) is 0 Å². The predicted octanol–water partition coefficient (Wildman–Crippen LogP) is 5.09. The van der Waals surface area contributed by atoms with Gasteiger partial charge in [-0.15, -0.1) is 0 Å². The van der Waals surface area contributed by atoms with Gasteiger partial charge in [-0.1, -0.05) is 30.3 Å². The molecule has 1 fully saturated rings. The van der Waals surface area contributed by atoms with Gasteiger partial charge in [0.05, 0.1) is 24.3 Å². The van der Waals surface area contributed by atoms with Gasteiger partial charge in [0, 0.05) is 55.4 Å². The number of halogens is 3. The summed E-state index contributed by atoms with van der Waals surface area (Å²) in [5.74, 6) is -1.16. The lowest BCUT2D eigenvalue weighted by Crippen LogP contribution is -2.48. The highest BCUT2D eigenvalue weighted by Crippen LogP contribution is 2.43. The lowest BCUT2D eigenvalue weighted by molar-refractivity contribution is -0.126. The molecule has 206 valence electrons. The Balaban J connectivity index is 1.59. The van der Waals surface area contributed by atoms with Crippen molar-refractivity contribution in [3.63, 3.8) is 0 Å². The van der Waals surface area contributed by atoms with Crippen molar-refractivity contribution in [2.75, 3.05) is 44.8 Å². The molecule has 0 spiro atoms. The Morgan fingerprint density at radius 3 is 2.60 bits per heavy atom. The zero-order chi connectivity index (χ0) is 28.2. The van der Waals surface area contributed by atoms with Crippen LogP contribution in [0.5, 0.6) is 11.8 Å². The van der Waals surface area contributed by atoms with Crippen molar-refractivity contribution in [2.45, 2.75) is 6.42 Å². The molecular formula is C29H26ClF2N5O3. The standard InChI is InChI=1S/C29H26ClF2N5O3/c1-3-23(38)36-12-14-37(15-13-36)28-19-17-20(30)24(25-21(31)8-6-9-22(25)39-2)26(32)27(19)34-29(35-28)40-16-10-18-7-4-5-11-33-18/h3-9,11,17H,1,10,12-16H2,2H3. The van der Waals surface area contributed by atoms with Gasteiger partial charge in [0.25, 0.3) is 0 Å². The van der Waals surface area contributed by atoms with E-state index >= 15 is 4.39 Å². The highest BCUT2D eigenvalue weighted by molar-refractivity contribution is 6.34. The number of rotatable bonds is 8. The van der Waals surface area contributed by atoms with E-state index in [-0.39, 0.29) is 45.9 Å². The first kappa shape index (κ1) is 27.3. The Bertz CT molecular complexity index is 1560. The lowest BCUT2D eigenvalue weighted by Gasteiger charge is -2.35. The summed E-state index contributed by atoms with van der Waals surface area (Å²) in [6.45, 7) is 5.46. The molecule has 3 heterocycles. The Kier molecular flexibility index (Phi) is 8.06. The molecule has 0 atom stereocenters. The molecule has 0 radical (unpaired) electrons. The van der Waals surface area contributed by atoms with Gasteiger partial charge in [0.2, 0.25) is 5.91 Å². The maximum atomic E-state index is 16.3.